The highest BCUT2D eigenvalue weighted by molar-refractivity contribution is 5.70. The van der Waals surface area contributed by atoms with Gasteiger partial charge < -0.3 is 5.11 Å². The van der Waals surface area contributed by atoms with Gasteiger partial charge in [0.15, 0.2) is 0 Å². The molecule has 138 valence electrons. The Morgan fingerprint density at radius 3 is 1.83 bits per heavy atom. The fraction of sp³-hybridized carbons (Fsp3) is 0.952. The average Bonchev–Trinajstić information content (AvgIpc) is 2.31. The van der Waals surface area contributed by atoms with Crippen molar-refractivity contribution in [3.05, 3.63) is 0 Å². The normalized spacial score (nSPS) is 26.0. The first-order valence-electron chi connectivity index (χ1n) is 9.31. The Balaban J connectivity index is 0.000000433. The Kier molecular flexibility index (Phi) is 7.85. The first-order valence-corrected chi connectivity index (χ1v) is 9.31. The fourth-order valence-corrected chi connectivity index (χ4v) is 3.50. The molecule has 2 unspecified atom stereocenters. The van der Waals surface area contributed by atoms with E-state index in [0.29, 0.717) is 5.41 Å². The van der Waals surface area contributed by atoms with E-state index in [1.165, 1.54) is 19.3 Å². The molecule has 1 fully saturated rings. The molecule has 1 aliphatic rings. The van der Waals surface area contributed by atoms with Crippen molar-refractivity contribution in [1.82, 2.24) is 0 Å². The lowest BCUT2D eigenvalue weighted by molar-refractivity contribution is -0.146. The zero-order chi connectivity index (χ0) is 18.6. The highest BCUT2D eigenvalue weighted by Gasteiger charge is 2.34. The number of carbonyl (C=O) groups is 1. The van der Waals surface area contributed by atoms with Crippen LogP contribution in [0.4, 0.5) is 0 Å². The molecule has 3 atom stereocenters. The number of carboxylic acids is 1. The van der Waals surface area contributed by atoms with Crippen molar-refractivity contribution >= 4 is 5.97 Å². The van der Waals surface area contributed by atoms with Crippen molar-refractivity contribution in [2.75, 3.05) is 0 Å². The van der Waals surface area contributed by atoms with Crippen LogP contribution in [0, 0.1) is 34.0 Å². The van der Waals surface area contributed by atoms with Crippen LogP contribution in [0.5, 0.6) is 0 Å². The second kappa shape index (κ2) is 8.03. The van der Waals surface area contributed by atoms with Crippen LogP contribution in [-0.2, 0) is 4.79 Å². The van der Waals surface area contributed by atoms with Crippen molar-refractivity contribution in [2.45, 2.75) is 94.9 Å². The van der Waals surface area contributed by atoms with E-state index >= 15 is 0 Å². The summed E-state index contributed by atoms with van der Waals surface area (Å²) in [4.78, 5) is 11.0. The molecule has 2 heteroatoms. The molecule has 1 N–H and O–H groups in total. The Hall–Kier alpha value is -0.530. The zero-order valence-corrected chi connectivity index (χ0v) is 17.4. The van der Waals surface area contributed by atoms with Crippen LogP contribution in [0.1, 0.15) is 94.9 Å². The number of hydrogen-bond donors (Lipinski definition) is 1. The largest absolute Gasteiger partial charge is 0.481 e. The fourth-order valence-electron chi connectivity index (χ4n) is 3.50. The molecule has 0 spiro atoms. The van der Waals surface area contributed by atoms with Gasteiger partial charge in [-0.05, 0) is 40.9 Å². The molecule has 1 aliphatic carbocycles. The summed E-state index contributed by atoms with van der Waals surface area (Å²) in [6, 6.07) is 0. The minimum absolute atomic E-state index is 0.0797. The van der Waals surface area contributed by atoms with Gasteiger partial charge in [-0.15, -0.1) is 0 Å². The first kappa shape index (κ1) is 22.5. The van der Waals surface area contributed by atoms with Crippen LogP contribution in [0.15, 0.2) is 0 Å². The third kappa shape index (κ3) is 8.22. The summed E-state index contributed by atoms with van der Waals surface area (Å²) in [7, 11) is 0. The third-order valence-electron chi connectivity index (χ3n) is 5.73. The summed E-state index contributed by atoms with van der Waals surface area (Å²) < 4.78 is 0. The molecule has 0 aromatic heterocycles. The van der Waals surface area contributed by atoms with Crippen LogP contribution in [0.25, 0.3) is 0 Å². The average molecular weight is 327 g/mol. The maximum Gasteiger partial charge on any atom is 0.307 e. The lowest BCUT2D eigenvalue weighted by Crippen LogP contribution is -2.32. The topological polar surface area (TPSA) is 37.3 Å². The van der Waals surface area contributed by atoms with Crippen LogP contribution < -0.4 is 0 Å². The molecule has 0 bridgehead atoms. The SMILES string of the molecule is CC(C)(C)CC(C(=O)O)C(C)(C)C.CC1CCCC(C)(C)[C@@H]1C. The monoisotopic (exact) mass is 326 g/mol. The molecule has 0 aromatic rings. The van der Waals surface area contributed by atoms with Gasteiger partial charge in [0.25, 0.3) is 0 Å². The maximum absolute atomic E-state index is 11.0. The zero-order valence-electron chi connectivity index (χ0n) is 17.4. The Bertz CT molecular complexity index is 368. The molecule has 0 radical (unpaired) electrons. The summed E-state index contributed by atoms with van der Waals surface area (Å²) in [6.45, 7) is 21.8. The molecular formula is C21H42O2. The van der Waals surface area contributed by atoms with Crippen molar-refractivity contribution in [3.8, 4) is 0 Å². The van der Waals surface area contributed by atoms with Gasteiger partial charge in [0.05, 0.1) is 5.92 Å². The summed E-state index contributed by atoms with van der Waals surface area (Å²) in [5.74, 6) is 0.930. The van der Waals surface area contributed by atoms with Gasteiger partial charge in [-0.25, -0.2) is 0 Å². The molecule has 0 amide bonds. The summed E-state index contributed by atoms with van der Waals surface area (Å²) in [5.41, 5.74) is 0.535. The van der Waals surface area contributed by atoms with Gasteiger partial charge in [-0.1, -0.05) is 82.1 Å². The van der Waals surface area contributed by atoms with E-state index in [-0.39, 0.29) is 16.7 Å². The smallest absolute Gasteiger partial charge is 0.307 e. The van der Waals surface area contributed by atoms with Gasteiger partial charge in [-0.3, -0.25) is 4.79 Å². The summed E-state index contributed by atoms with van der Waals surface area (Å²) in [5, 5.41) is 9.07. The standard InChI is InChI=1S/C11H22O2.C10H20/c1-10(2,3)7-8(9(12)13)11(4,5)6;1-8-6-5-7-10(3,4)9(8)2/h8H,7H2,1-6H3,(H,12,13);8-9H,5-7H2,1-4H3/t;8?,9-/m.1/s1. The van der Waals surface area contributed by atoms with Gasteiger partial charge in [-0.2, -0.15) is 0 Å². The molecule has 23 heavy (non-hydrogen) atoms. The first-order chi connectivity index (χ1) is 10.1. The number of carboxylic acid groups (broad SMARTS) is 1. The Morgan fingerprint density at radius 2 is 1.61 bits per heavy atom. The molecule has 1 saturated carbocycles. The highest BCUT2D eigenvalue weighted by Crippen LogP contribution is 2.43. The lowest BCUT2D eigenvalue weighted by Gasteiger charge is -2.40. The van der Waals surface area contributed by atoms with E-state index in [0.717, 1.165) is 18.3 Å². The second-order valence-electron chi connectivity index (χ2n) is 10.7. The van der Waals surface area contributed by atoms with Gasteiger partial charge in [0.1, 0.15) is 0 Å². The Morgan fingerprint density at radius 1 is 1.13 bits per heavy atom. The summed E-state index contributed by atoms with van der Waals surface area (Å²) in [6.07, 6.45) is 5.05. The molecule has 0 aromatic carbocycles. The summed E-state index contributed by atoms with van der Waals surface area (Å²) >= 11 is 0. The van der Waals surface area contributed by atoms with E-state index in [1.807, 2.05) is 20.8 Å². The van der Waals surface area contributed by atoms with Crippen molar-refractivity contribution in [1.29, 1.82) is 0 Å². The predicted octanol–water partition coefficient (Wildman–Crippen LogP) is 6.64. The van der Waals surface area contributed by atoms with Crippen LogP contribution in [0.3, 0.4) is 0 Å². The molecule has 0 aliphatic heterocycles. The van der Waals surface area contributed by atoms with Crippen molar-refractivity contribution in [2.24, 2.45) is 34.0 Å². The molecule has 2 nitrogen and oxygen atoms in total. The van der Waals surface area contributed by atoms with Crippen molar-refractivity contribution < 1.29 is 9.90 Å². The quantitative estimate of drug-likeness (QED) is 0.617. The van der Waals surface area contributed by atoms with Crippen molar-refractivity contribution in [3.63, 3.8) is 0 Å². The molecular weight excluding hydrogens is 284 g/mol. The van der Waals surface area contributed by atoms with Crippen LogP contribution in [0.2, 0.25) is 0 Å². The maximum atomic E-state index is 11.0. The number of hydrogen-bond acceptors (Lipinski definition) is 1. The van der Waals surface area contributed by atoms with E-state index in [1.54, 1.807) is 0 Å². The highest BCUT2D eigenvalue weighted by atomic mass is 16.4. The predicted molar refractivity (Wildman–Crippen MR) is 101 cm³/mol. The number of aliphatic carboxylic acids is 1. The van der Waals surface area contributed by atoms with E-state index in [4.69, 9.17) is 5.11 Å². The molecule has 1 rings (SSSR count). The van der Waals surface area contributed by atoms with Crippen LogP contribution in [-0.4, -0.2) is 11.1 Å². The minimum atomic E-state index is -0.678. The minimum Gasteiger partial charge on any atom is -0.481 e. The van der Waals surface area contributed by atoms with Gasteiger partial charge in [0, 0.05) is 0 Å². The lowest BCUT2D eigenvalue weighted by atomic mass is 9.65. The number of rotatable bonds is 2. The van der Waals surface area contributed by atoms with Gasteiger partial charge >= 0.3 is 5.97 Å². The van der Waals surface area contributed by atoms with Crippen LogP contribution >= 0.6 is 0 Å². The van der Waals surface area contributed by atoms with E-state index < -0.39 is 5.97 Å². The van der Waals surface area contributed by atoms with E-state index in [2.05, 4.69) is 48.5 Å². The molecule has 0 heterocycles. The second-order valence-corrected chi connectivity index (χ2v) is 10.7. The van der Waals surface area contributed by atoms with Gasteiger partial charge in [0.2, 0.25) is 0 Å². The van der Waals surface area contributed by atoms with E-state index in [9.17, 15) is 4.79 Å². The molecule has 0 saturated heterocycles. The Labute approximate surface area is 145 Å². The third-order valence-corrected chi connectivity index (χ3v) is 5.73.